The first-order chi connectivity index (χ1) is 14.1. The largest absolute Gasteiger partial charge is 0.382 e. The van der Waals surface area contributed by atoms with Crippen LogP contribution >= 0.6 is 0 Å². The van der Waals surface area contributed by atoms with Crippen molar-refractivity contribution in [2.45, 2.75) is 39.2 Å². The summed E-state index contributed by atoms with van der Waals surface area (Å²) in [6, 6.07) is 8.39. The minimum absolute atomic E-state index is 0.0305. The van der Waals surface area contributed by atoms with Crippen molar-refractivity contribution < 1.29 is 19.1 Å². The number of hydrogen-bond donors (Lipinski definition) is 0. The zero-order valence-electron chi connectivity index (χ0n) is 17.9. The highest BCUT2D eigenvalue weighted by Gasteiger charge is 2.50. The number of carbonyl (C=O) groups excluding carboxylic acids is 2. The van der Waals surface area contributed by atoms with Crippen LogP contribution in [0.15, 0.2) is 24.3 Å². The summed E-state index contributed by atoms with van der Waals surface area (Å²) in [4.78, 5) is 29.6. The van der Waals surface area contributed by atoms with Gasteiger partial charge in [-0.1, -0.05) is 37.6 Å². The van der Waals surface area contributed by atoms with Gasteiger partial charge in [0, 0.05) is 45.0 Å². The molecule has 0 unspecified atom stereocenters. The molecule has 2 heterocycles. The molecule has 0 bridgehead atoms. The minimum atomic E-state index is 0.0305. The van der Waals surface area contributed by atoms with Gasteiger partial charge in [-0.3, -0.25) is 9.59 Å². The normalized spacial score (nSPS) is 23.5. The Morgan fingerprint density at radius 1 is 1.10 bits per heavy atom. The van der Waals surface area contributed by atoms with Gasteiger partial charge in [0.15, 0.2) is 0 Å². The van der Waals surface area contributed by atoms with E-state index in [0.29, 0.717) is 38.6 Å². The van der Waals surface area contributed by atoms with Gasteiger partial charge in [0.2, 0.25) is 11.8 Å². The third-order valence-corrected chi connectivity index (χ3v) is 6.25. The van der Waals surface area contributed by atoms with E-state index in [1.54, 1.807) is 7.11 Å². The zero-order chi connectivity index (χ0) is 20.8. The lowest BCUT2D eigenvalue weighted by atomic mass is 9.87. The predicted octanol–water partition coefficient (Wildman–Crippen LogP) is 2.81. The highest BCUT2D eigenvalue weighted by molar-refractivity contribution is 5.79. The lowest BCUT2D eigenvalue weighted by Crippen LogP contribution is -2.38. The Bertz CT molecular complexity index is 708. The van der Waals surface area contributed by atoms with Crippen molar-refractivity contribution in [2.24, 2.45) is 11.8 Å². The molecule has 0 spiro atoms. The second-order valence-electron chi connectivity index (χ2n) is 8.22. The molecule has 2 saturated heterocycles. The Hall–Kier alpha value is -1.92. The van der Waals surface area contributed by atoms with E-state index in [-0.39, 0.29) is 30.4 Å². The second-order valence-corrected chi connectivity index (χ2v) is 8.22. The van der Waals surface area contributed by atoms with Crippen LogP contribution in [-0.2, 0) is 19.1 Å². The van der Waals surface area contributed by atoms with Crippen molar-refractivity contribution in [1.82, 2.24) is 9.80 Å². The maximum atomic E-state index is 13.0. The second kappa shape index (κ2) is 10.2. The summed E-state index contributed by atoms with van der Waals surface area (Å²) >= 11 is 0. The molecule has 2 fully saturated rings. The van der Waals surface area contributed by atoms with E-state index in [9.17, 15) is 9.59 Å². The Kier molecular flexibility index (Phi) is 7.67. The zero-order valence-corrected chi connectivity index (χ0v) is 17.9. The van der Waals surface area contributed by atoms with Crippen LogP contribution in [0.5, 0.6) is 0 Å². The van der Waals surface area contributed by atoms with Crippen LogP contribution in [0.3, 0.4) is 0 Å². The first-order valence-electron chi connectivity index (χ1n) is 10.8. The summed E-state index contributed by atoms with van der Waals surface area (Å²) in [5.74, 6) is 0.885. The molecule has 1 aromatic rings. The summed E-state index contributed by atoms with van der Waals surface area (Å²) in [6.07, 6.45) is 2.55. The lowest BCUT2D eigenvalue weighted by molar-refractivity contribution is -0.136. The number of unbranched alkanes of at least 4 members (excludes halogenated alkanes) is 1. The standard InChI is InChI=1S/C23H34N2O4/c1-4-5-10-21(26)25-14-18-13-24(22(27)16-29-12-11-28-3)15-20(18)23(25)19-9-7-6-8-17(19)2/h6-9,18,20,23H,4-5,10-16H2,1-3H3/t18-,20-,23+/m0/s1. The molecule has 0 radical (unpaired) electrons. The number of benzene rings is 1. The SMILES string of the molecule is CCCCC(=O)N1C[C@@H]2CN(C(=O)COCCOC)C[C@@H]2[C@H]1c1ccccc1C. The average molecular weight is 403 g/mol. The van der Waals surface area contributed by atoms with E-state index in [4.69, 9.17) is 9.47 Å². The summed E-state index contributed by atoms with van der Waals surface area (Å²) in [5, 5.41) is 0. The molecule has 3 atom stereocenters. The topological polar surface area (TPSA) is 59.1 Å². The third-order valence-electron chi connectivity index (χ3n) is 6.25. The predicted molar refractivity (Wildman–Crippen MR) is 111 cm³/mol. The van der Waals surface area contributed by atoms with E-state index in [1.807, 2.05) is 17.0 Å². The van der Waals surface area contributed by atoms with Crippen LogP contribution in [0, 0.1) is 18.8 Å². The van der Waals surface area contributed by atoms with Gasteiger partial charge < -0.3 is 19.3 Å². The third kappa shape index (κ3) is 4.98. The lowest BCUT2D eigenvalue weighted by Gasteiger charge is -2.31. The summed E-state index contributed by atoms with van der Waals surface area (Å²) in [5.41, 5.74) is 2.43. The number of hydrogen-bond acceptors (Lipinski definition) is 4. The number of nitrogens with zero attached hydrogens (tertiary/aromatic N) is 2. The van der Waals surface area contributed by atoms with Crippen LogP contribution in [0.2, 0.25) is 0 Å². The number of fused-ring (bicyclic) bond motifs is 1. The molecule has 2 aliphatic rings. The van der Waals surface area contributed by atoms with Gasteiger partial charge >= 0.3 is 0 Å². The molecule has 3 rings (SSSR count). The molecule has 2 amide bonds. The Morgan fingerprint density at radius 2 is 1.90 bits per heavy atom. The van der Waals surface area contributed by atoms with Crippen molar-refractivity contribution in [3.05, 3.63) is 35.4 Å². The van der Waals surface area contributed by atoms with Gasteiger partial charge in [-0.2, -0.15) is 0 Å². The van der Waals surface area contributed by atoms with Gasteiger partial charge in [0.25, 0.3) is 0 Å². The van der Waals surface area contributed by atoms with Crippen molar-refractivity contribution in [3.8, 4) is 0 Å². The summed E-state index contributed by atoms with van der Waals surface area (Å²) < 4.78 is 10.4. The molecule has 6 heteroatoms. The minimum Gasteiger partial charge on any atom is -0.382 e. The van der Waals surface area contributed by atoms with E-state index in [1.165, 1.54) is 11.1 Å². The average Bonchev–Trinajstić information content (AvgIpc) is 3.28. The number of ether oxygens (including phenoxy) is 2. The monoisotopic (exact) mass is 402 g/mol. The van der Waals surface area contributed by atoms with Gasteiger partial charge in [-0.05, 0) is 24.5 Å². The molecule has 0 aliphatic carbocycles. The number of carbonyl (C=O) groups is 2. The number of methoxy groups -OCH3 is 1. The quantitative estimate of drug-likeness (QED) is 0.596. The Labute approximate surface area is 174 Å². The maximum Gasteiger partial charge on any atom is 0.248 e. The molecule has 0 saturated carbocycles. The highest BCUT2D eigenvalue weighted by atomic mass is 16.5. The van der Waals surface area contributed by atoms with Crippen molar-refractivity contribution >= 4 is 11.8 Å². The highest BCUT2D eigenvalue weighted by Crippen LogP contribution is 2.46. The number of rotatable bonds is 9. The van der Waals surface area contributed by atoms with Crippen molar-refractivity contribution in [2.75, 3.05) is 46.6 Å². The van der Waals surface area contributed by atoms with E-state index in [0.717, 1.165) is 19.4 Å². The molecular weight excluding hydrogens is 368 g/mol. The Morgan fingerprint density at radius 3 is 2.62 bits per heavy atom. The molecule has 0 aromatic heterocycles. The van der Waals surface area contributed by atoms with Crippen molar-refractivity contribution in [1.29, 1.82) is 0 Å². The van der Waals surface area contributed by atoms with Crippen LogP contribution in [0.1, 0.15) is 43.4 Å². The van der Waals surface area contributed by atoms with Crippen LogP contribution in [0.25, 0.3) is 0 Å². The molecule has 0 N–H and O–H groups in total. The summed E-state index contributed by atoms with van der Waals surface area (Å²) in [6.45, 7) is 7.36. The maximum absolute atomic E-state index is 13.0. The number of likely N-dealkylation sites (tertiary alicyclic amines) is 2. The molecule has 2 aliphatic heterocycles. The molecule has 1 aromatic carbocycles. The van der Waals surface area contributed by atoms with Crippen LogP contribution < -0.4 is 0 Å². The molecule has 6 nitrogen and oxygen atoms in total. The van der Waals surface area contributed by atoms with E-state index in [2.05, 4.69) is 30.9 Å². The number of aryl methyl sites for hydroxylation is 1. The van der Waals surface area contributed by atoms with Gasteiger partial charge in [-0.25, -0.2) is 0 Å². The number of amides is 2. The molecular formula is C23H34N2O4. The smallest absolute Gasteiger partial charge is 0.248 e. The van der Waals surface area contributed by atoms with Gasteiger partial charge in [0.05, 0.1) is 19.3 Å². The fourth-order valence-electron chi connectivity index (χ4n) is 4.69. The fraction of sp³-hybridized carbons (Fsp3) is 0.652. The van der Waals surface area contributed by atoms with E-state index >= 15 is 0 Å². The first kappa shape index (κ1) is 21.8. The van der Waals surface area contributed by atoms with Gasteiger partial charge in [0.1, 0.15) is 6.61 Å². The first-order valence-corrected chi connectivity index (χ1v) is 10.8. The van der Waals surface area contributed by atoms with Crippen LogP contribution in [-0.4, -0.2) is 68.2 Å². The Balaban J connectivity index is 1.73. The van der Waals surface area contributed by atoms with Crippen molar-refractivity contribution in [3.63, 3.8) is 0 Å². The van der Waals surface area contributed by atoms with E-state index < -0.39 is 0 Å². The fourth-order valence-corrected chi connectivity index (χ4v) is 4.69. The molecule has 160 valence electrons. The summed E-state index contributed by atoms with van der Waals surface area (Å²) in [7, 11) is 1.62. The molecule has 29 heavy (non-hydrogen) atoms. The van der Waals surface area contributed by atoms with Crippen LogP contribution in [0.4, 0.5) is 0 Å². The van der Waals surface area contributed by atoms with Gasteiger partial charge in [-0.15, -0.1) is 0 Å².